The summed E-state index contributed by atoms with van der Waals surface area (Å²) in [5, 5.41) is 1.34. The van der Waals surface area contributed by atoms with Gasteiger partial charge in [-0.3, -0.25) is 4.79 Å². The molecule has 29 heavy (non-hydrogen) atoms. The van der Waals surface area contributed by atoms with E-state index in [1.807, 2.05) is 30.3 Å². The molecule has 146 valence electrons. The normalized spacial score (nSPS) is 10.9. The zero-order chi connectivity index (χ0) is 20.5. The molecule has 2 aromatic carbocycles. The maximum absolute atomic E-state index is 12.9. The van der Waals surface area contributed by atoms with Crippen molar-refractivity contribution in [1.29, 1.82) is 0 Å². The molecule has 0 unspecified atom stereocenters. The number of thiophene rings is 1. The molecule has 2 heterocycles. The summed E-state index contributed by atoms with van der Waals surface area (Å²) in [6.45, 7) is 0. The van der Waals surface area contributed by atoms with E-state index in [0.717, 1.165) is 16.6 Å². The average Bonchev–Trinajstić information content (AvgIpc) is 3.09. The molecule has 0 spiro atoms. The molecule has 0 amide bonds. The number of nitrogens with zero attached hydrogens (tertiary/aromatic N) is 1. The molecular weight excluding hydrogens is 408 g/mol. The largest absolute Gasteiger partial charge is 0.493 e. The van der Waals surface area contributed by atoms with Gasteiger partial charge in [-0.25, -0.2) is 4.98 Å². The molecule has 7 heteroatoms. The number of carbonyl (C=O) groups is 1. The van der Waals surface area contributed by atoms with Gasteiger partial charge in [0.25, 0.3) is 0 Å². The summed E-state index contributed by atoms with van der Waals surface area (Å²) in [7, 11) is 3.18. The number of hydrogen-bond donors (Lipinski definition) is 1. The molecule has 2 aromatic heterocycles. The minimum absolute atomic E-state index is 0.144. The lowest BCUT2D eigenvalue weighted by Gasteiger charge is -2.09. The van der Waals surface area contributed by atoms with Gasteiger partial charge in [0.15, 0.2) is 11.5 Å². The topological polar surface area (TPSA) is 74.4 Å². The molecule has 4 aromatic rings. The van der Waals surface area contributed by atoms with E-state index in [4.69, 9.17) is 31.8 Å². The van der Waals surface area contributed by atoms with Crippen molar-refractivity contribution in [3.8, 4) is 22.8 Å². The number of hydrogen-bond acceptors (Lipinski definition) is 6. The van der Waals surface area contributed by atoms with Gasteiger partial charge in [0.05, 0.1) is 25.6 Å². The van der Waals surface area contributed by atoms with Crippen molar-refractivity contribution >= 4 is 44.6 Å². The highest BCUT2D eigenvalue weighted by atomic mass is 35.5. The standard InChI is InChI=1S/C22H17ClN2O3S/c1-27-17-10-5-13(11-18(17)28-2)16-9-8-15-19(24)21(29-22(15)25-16)20(26)12-3-6-14(23)7-4-12/h3-11H,24H2,1-2H3. The maximum atomic E-state index is 12.9. The second-order valence-electron chi connectivity index (χ2n) is 6.30. The molecule has 0 aliphatic rings. The van der Waals surface area contributed by atoms with Crippen LogP contribution in [0.25, 0.3) is 21.5 Å². The summed E-state index contributed by atoms with van der Waals surface area (Å²) in [5.41, 5.74) is 8.87. The van der Waals surface area contributed by atoms with Crippen LogP contribution in [0.5, 0.6) is 11.5 Å². The van der Waals surface area contributed by atoms with Crippen molar-refractivity contribution in [3.63, 3.8) is 0 Å². The number of ketones is 1. The van der Waals surface area contributed by atoms with E-state index in [0.29, 0.717) is 37.5 Å². The first-order valence-corrected chi connectivity index (χ1v) is 9.93. The highest BCUT2D eigenvalue weighted by molar-refractivity contribution is 7.21. The second-order valence-corrected chi connectivity index (χ2v) is 7.74. The van der Waals surface area contributed by atoms with Crippen molar-refractivity contribution in [2.75, 3.05) is 20.0 Å². The number of anilines is 1. The van der Waals surface area contributed by atoms with E-state index in [2.05, 4.69) is 0 Å². The molecule has 0 aliphatic heterocycles. The lowest BCUT2D eigenvalue weighted by molar-refractivity contribution is 0.104. The van der Waals surface area contributed by atoms with Crippen LogP contribution in [0.2, 0.25) is 5.02 Å². The van der Waals surface area contributed by atoms with Crippen molar-refractivity contribution in [2.24, 2.45) is 0 Å². The Hall–Kier alpha value is -3.09. The van der Waals surface area contributed by atoms with Gasteiger partial charge in [0.2, 0.25) is 5.78 Å². The Labute approximate surface area is 176 Å². The number of methoxy groups -OCH3 is 2. The van der Waals surface area contributed by atoms with Gasteiger partial charge in [-0.2, -0.15) is 0 Å². The molecule has 0 bridgehead atoms. The SMILES string of the molecule is COc1ccc(-c2ccc3c(N)c(C(=O)c4ccc(Cl)cc4)sc3n2)cc1OC. The Balaban J connectivity index is 1.76. The molecule has 5 nitrogen and oxygen atoms in total. The summed E-state index contributed by atoms with van der Waals surface area (Å²) >= 11 is 7.20. The fourth-order valence-electron chi connectivity index (χ4n) is 3.05. The number of nitrogens with two attached hydrogens (primary N) is 1. The Kier molecular flexibility index (Phi) is 5.13. The molecule has 0 aliphatic carbocycles. The fourth-order valence-corrected chi connectivity index (χ4v) is 4.24. The number of pyridine rings is 1. The second kappa shape index (κ2) is 7.73. The molecule has 0 saturated carbocycles. The Morgan fingerprint density at radius 2 is 1.72 bits per heavy atom. The first kappa shape index (κ1) is 19.2. The van der Waals surface area contributed by atoms with Crippen molar-refractivity contribution in [2.45, 2.75) is 0 Å². The van der Waals surface area contributed by atoms with Crippen molar-refractivity contribution < 1.29 is 14.3 Å². The lowest BCUT2D eigenvalue weighted by Crippen LogP contribution is -2.01. The Bertz CT molecular complexity index is 1220. The predicted molar refractivity (Wildman–Crippen MR) is 117 cm³/mol. The number of nitrogen functional groups attached to an aromatic ring is 1. The highest BCUT2D eigenvalue weighted by Crippen LogP contribution is 2.37. The molecule has 0 fully saturated rings. The molecule has 0 saturated heterocycles. The smallest absolute Gasteiger partial charge is 0.205 e. The van der Waals surface area contributed by atoms with Crippen LogP contribution >= 0.6 is 22.9 Å². The van der Waals surface area contributed by atoms with Crippen LogP contribution in [0.4, 0.5) is 5.69 Å². The van der Waals surface area contributed by atoms with Gasteiger partial charge in [-0.15, -0.1) is 11.3 Å². The molecule has 0 radical (unpaired) electrons. The van der Waals surface area contributed by atoms with Crippen LogP contribution in [-0.2, 0) is 0 Å². The Morgan fingerprint density at radius 1 is 1.00 bits per heavy atom. The number of carbonyl (C=O) groups excluding carboxylic acids is 1. The quantitative estimate of drug-likeness (QED) is 0.431. The summed E-state index contributed by atoms with van der Waals surface area (Å²) in [4.78, 5) is 18.8. The van der Waals surface area contributed by atoms with E-state index < -0.39 is 0 Å². The molecular formula is C22H17ClN2O3S. The minimum atomic E-state index is -0.144. The molecule has 4 rings (SSSR count). The van der Waals surface area contributed by atoms with Crippen LogP contribution in [-0.4, -0.2) is 25.0 Å². The molecule has 2 N–H and O–H groups in total. The van der Waals surface area contributed by atoms with E-state index in [1.165, 1.54) is 11.3 Å². The first-order chi connectivity index (χ1) is 14.0. The van der Waals surface area contributed by atoms with Crippen molar-refractivity contribution in [1.82, 2.24) is 4.98 Å². The van der Waals surface area contributed by atoms with E-state index in [-0.39, 0.29) is 5.78 Å². The monoisotopic (exact) mass is 424 g/mol. The van der Waals surface area contributed by atoms with Gasteiger partial charge >= 0.3 is 0 Å². The minimum Gasteiger partial charge on any atom is -0.493 e. The van der Waals surface area contributed by atoms with Gasteiger partial charge in [0.1, 0.15) is 9.71 Å². The number of ether oxygens (including phenoxy) is 2. The zero-order valence-electron chi connectivity index (χ0n) is 15.7. The first-order valence-electron chi connectivity index (χ1n) is 8.73. The van der Waals surface area contributed by atoms with Crippen LogP contribution in [0.3, 0.4) is 0 Å². The van der Waals surface area contributed by atoms with E-state index >= 15 is 0 Å². The third-order valence-electron chi connectivity index (χ3n) is 4.59. The summed E-state index contributed by atoms with van der Waals surface area (Å²) in [6, 6.07) is 16.1. The van der Waals surface area contributed by atoms with E-state index in [1.54, 1.807) is 38.5 Å². The van der Waals surface area contributed by atoms with Gasteiger partial charge in [-0.1, -0.05) is 11.6 Å². The maximum Gasteiger partial charge on any atom is 0.205 e. The third kappa shape index (κ3) is 3.52. The Morgan fingerprint density at radius 3 is 2.41 bits per heavy atom. The number of rotatable bonds is 5. The van der Waals surface area contributed by atoms with Crippen LogP contribution in [0.1, 0.15) is 15.2 Å². The number of fused-ring (bicyclic) bond motifs is 1. The van der Waals surface area contributed by atoms with Crippen molar-refractivity contribution in [3.05, 3.63) is 70.1 Å². The van der Waals surface area contributed by atoms with E-state index in [9.17, 15) is 4.79 Å². The van der Waals surface area contributed by atoms with Gasteiger partial charge in [-0.05, 0) is 54.6 Å². The van der Waals surface area contributed by atoms with Gasteiger partial charge < -0.3 is 15.2 Å². The van der Waals surface area contributed by atoms with Gasteiger partial charge in [0, 0.05) is 21.5 Å². The summed E-state index contributed by atoms with van der Waals surface area (Å²) < 4.78 is 10.7. The van der Waals surface area contributed by atoms with Crippen LogP contribution in [0, 0.1) is 0 Å². The van der Waals surface area contributed by atoms with Crippen LogP contribution < -0.4 is 15.2 Å². The summed E-state index contributed by atoms with van der Waals surface area (Å²) in [5.74, 6) is 1.12. The van der Waals surface area contributed by atoms with Crippen LogP contribution in [0.15, 0.2) is 54.6 Å². The molecule has 0 atom stereocenters. The lowest BCUT2D eigenvalue weighted by atomic mass is 10.1. The third-order valence-corrected chi connectivity index (χ3v) is 5.95. The zero-order valence-corrected chi connectivity index (χ0v) is 17.3. The number of halogens is 1. The summed E-state index contributed by atoms with van der Waals surface area (Å²) in [6.07, 6.45) is 0. The number of benzene rings is 2. The number of aromatic nitrogens is 1. The highest BCUT2D eigenvalue weighted by Gasteiger charge is 2.19. The fraction of sp³-hybridized carbons (Fsp3) is 0.0909. The predicted octanol–water partition coefficient (Wildman–Crippen LogP) is 5.45. The average molecular weight is 425 g/mol.